The van der Waals surface area contributed by atoms with Gasteiger partial charge in [-0.3, -0.25) is 0 Å². The second-order valence-electron chi connectivity index (χ2n) is 5.68. The number of hydrogen-bond donors (Lipinski definition) is 1. The van der Waals surface area contributed by atoms with Gasteiger partial charge in [0.25, 0.3) is 0 Å². The van der Waals surface area contributed by atoms with Crippen LogP contribution in [0.1, 0.15) is 11.6 Å². The van der Waals surface area contributed by atoms with Gasteiger partial charge in [-0.1, -0.05) is 41.9 Å². The minimum absolute atomic E-state index is 0.00206. The minimum Gasteiger partial charge on any atom is -0.433 e. The lowest BCUT2D eigenvalue weighted by atomic mass is 10.1. The molecule has 2 aromatic rings. The van der Waals surface area contributed by atoms with Crippen molar-refractivity contribution in [3.05, 3.63) is 59.1 Å². The largest absolute Gasteiger partial charge is 0.433 e. The standard InChI is InChI=1S/C17H19ClF2N2O3S/c1-22(2)14(12-7-3-4-8-13(12)18)11-21-26(23,24)16-10-6-5-9-15(16)25-17(19)20/h3-10,14,17,21H,11H2,1-2H3. The van der Waals surface area contributed by atoms with Crippen molar-refractivity contribution in [2.45, 2.75) is 17.5 Å². The number of alkyl halides is 2. The normalized spacial score (nSPS) is 13.2. The van der Waals surface area contributed by atoms with Crippen LogP contribution >= 0.6 is 11.6 Å². The van der Waals surface area contributed by atoms with Crippen LogP contribution in [-0.2, 0) is 10.0 Å². The molecule has 0 saturated carbocycles. The second kappa shape index (κ2) is 8.77. The van der Waals surface area contributed by atoms with E-state index in [0.29, 0.717) is 5.02 Å². The van der Waals surface area contributed by atoms with E-state index >= 15 is 0 Å². The van der Waals surface area contributed by atoms with Crippen LogP contribution in [0.15, 0.2) is 53.4 Å². The van der Waals surface area contributed by atoms with E-state index in [2.05, 4.69) is 9.46 Å². The molecular formula is C17H19ClF2N2O3S. The fourth-order valence-corrected chi connectivity index (χ4v) is 3.88. The third-order valence-electron chi connectivity index (χ3n) is 3.71. The van der Waals surface area contributed by atoms with E-state index in [9.17, 15) is 17.2 Å². The Morgan fingerprint density at radius 2 is 1.73 bits per heavy atom. The minimum atomic E-state index is -4.06. The van der Waals surface area contributed by atoms with Crippen molar-refractivity contribution in [3.63, 3.8) is 0 Å². The number of hydrogen-bond acceptors (Lipinski definition) is 4. The van der Waals surface area contributed by atoms with Gasteiger partial charge in [0.2, 0.25) is 10.0 Å². The first-order chi connectivity index (χ1) is 12.2. The van der Waals surface area contributed by atoms with E-state index in [4.69, 9.17) is 11.6 Å². The quantitative estimate of drug-likeness (QED) is 0.731. The number of benzene rings is 2. The predicted molar refractivity (Wildman–Crippen MR) is 96.1 cm³/mol. The Balaban J connectivity index is 2.25. The van der Waals surface area contributed by atoms with Gasteiger partial charge in [0, 0.05) is 17.6 Å². The van der Waals surface area contributed by atoms with Crippen molar-refractivity contribution in [3.8, 4) is 5.75 Å². The van der Waals surface area contributed by atoms with Crippen LogP contribution in [-0.4, -0.2) is 40.6 Å². The number of likely N-dealkylation sites (N-methyl/N-ethyl adjacent to an activating group) is 1. The van der Waals surface area contributed by atoms with Gasteiger partial charge in [0.15, 0.2) is 0 Å². The summed E-state index contributed by atoms with van der Waals surface area (Å²) < 4.78 is 57.0. The van der Waals surface area contributed by atoms with Gasteiger partial charge in [-0.25, -0.2) is 13.1 Å². The van der Waals surface area contributed by atoms with Crippen LogP contribution in [0, 0.1) is 0 Å². The molecule has 2 rings (SSSR count). The summed E-state index contributed by atoms with van der Waals surface area (Å²) in [7, 11) is -0.488. The van der Waals surface area contributed by atoms with E-state index in [0.717, 1.165) is 5.56 Å². The fraction of sp³-hybridized carbons (Fsp3) is 0.294. The number of ether oxygens (including phenoxy) is 1. The molecule has 0 aliphatic rings. The lowest BCUT2D eigenvalue weighted by Gasteiger charge is -2.26. The molecule has 26 heavy (non-hydrogen) atoms. The van der Waals surface area contributed by atoms with Crippen LogP contribution in [0.25, 0.3) is 0 Å². The first kappa shape index (κ1) is 20.6. The fourth-order valence-electron chi connectivity index (χ4n) is 2.45. The Labute approximate surface area is 156 Å². The van der Waals surface area contributed by atoms with Crippen LogP contribution < -0.4 is 9.46 Å². The Kier molecular flexibility index (Phi) is 6.94. The lowest BCUT2D eigenvalue weighted by Crippen LogP contribution is -2.35. The Morgan fingerprint density at radius 3 is 2.35 bits per heavy atom. The average molecular weight is 405 g/mol. The number of nitrogens with one attached hydrogen (secondary N) is 1. The summed E-state index contributed by atoms with van der Waals surface area (Å²) in [6.45, 7) is -3.12. The van der Waals surface area contributed by atoms with Crippen LogP contribution in [0.5, 0.6) is 5.75 Å². The van der Waals surface area contributed by atoms with E-state index in [-0.39, 0.29) is 17.5 Å². The number of sulfonamides is 1. The SMILES string of the molecule is CN(C)C(CNS(=O)(=O)c1ccccc1OC(F)F)c1ccccc1Cl. The molecule has 1 unspecified atom stereocenters. The van der Waals surface area contributed by atoms with Crippen molar-refractivity contribution in [1.29, 1.82) is 0 Å². The van der Waals surface area contributed by atoms with Crippen LogP contribution in [0.2, 0.25) is 5.02 Å². The molecule has 0 amide bonds. The summed E-state index contributed by atoms with van der Waals surface area (Å²) in [6, 6.07) is 12.0. The highest BCUT2D eigenvalue weighted by Gasteiger charge is 2.24. The van der Waals surface area contributed by atoms with Gasteiger partial charge in [-0.05, 0) is 37.9 Å². The molecule has 5 nitrogen and oxygen atoms in total. The molecule has 9 heteroatoms. The second-order valence-corrected chi connectivity index (χ2v) is 7.82. The molecule has 0 fully saturated rings. The zero-order chi connectivity index (χ0) is 19.3. The smallest absolute Gasteiger partial charge is 0.387 e. The number of rotatable bonds is 8. The predicted octanol–water partition coefficient (Wildman–Crippen LogP) is 3.52. The first-order valence-electron chi connectivity index (χ1n) is 7.66. The lowest BCUT2D eigenvalue weighted by molar-refractivity contribution is -0.0517. The zero-order valence-corrected chi connectivity index (χ0v) is 15.8. The van der Waals surface area contributed by atoms with Crippen molar-refractivity contribution in [2.75, 3.05) is 20.6 Å². The topological polar surface area (TPSA) is 58.6 Å². The van der Waals surface area contributed by atoms with Crippen molar-refractivity contribution in [2.24, 2.45) is 0 Å². The summed E-state index contributed by atoms with van der Waals surface area (Å²) in [5.74, 6) is -0.408. The van der Waals surface area contributed by atoms with E-state index < -0.39 is 22.4 Å². The molecule has 0 bridgehead atoms. The zero-order valence-electron chi connectivity index (χ0n) is 14.2. The van der Waals surface area contributed by atoms with Gasteiger partial charge >= 0.3 is 6.61 Å². The third kappa shape index (κ3) is 5.14. The summed E-state index contributed by atoms with van der Waals surface area (Å²) in [5.41, 5.74) is 0.749. The number of halogens is 3. The van der Waals surface area contributed by atoms with E-state index in [1.807, 2.05) is 4.90 Å². The maximum absolute atomic E-state index is 12.6. The van der Waals surface area contributed by atoms with Gasteiger partial charge in [0.1, 0.15) is 10.6 Å². The first-order valence-corrected chi connectivity index (χ1v) is 9.53. The highest BCUT2D eigenvalue weighted by molar-refractivity contribution is 7.89. The average Bonchev–Trinajstić information content (AvgIpc) is 2.56. The Hall–Kier alpha value is -1.74. The van der Waals surface area contributed by atoms with Crippen molar-refractivity contribution >= 4 is 21.6 Å². The molecule has 0 spiro atoms. The molecule has 0 saturated heterocycles. The van der Waals surface area contributed by atoms with Crippen molar-refractivity contribution < 1.29 is 21.9 Å². The maximum Gasteiger partial charge on any atom is 0.387 e. The Morgan fingerprint density at radius 1 is 1.12 bits per heavy atom. The van der Waals surface area contributed by atoms with Gasteiger partial charge < -0.3 is 9.64 Å². The highest BCUT2D eigenvalue weighted by atomic mass is 35.5. The molecule has 0 aliphatic carbocycles. The Bertz CT molecular complexity index is 847. The van der Waals surface area contributed by atoms with Crippen LogP contribution in [0.3, 0.4) is 0 Å². The molecule has 142 valence electrons. The van der Waals surface area contributed by atoms with Gasteiger partial charge in [-0.15, -0.1) is 0 Å². The number of nitrogens with zero attached hydrogens (tertiary/aromatic N) is 1. The monoisotopic (exact) mass is 404 g/mol. The van der Waals surface area contributed by atoms with Gasteiger partial charge in [0.05, 0.1) is 0 Å². The highest BCUT2D eigenvalue weighted by Crippen LogP contribution is 2.28. The third-order valence-corrected chi connectivity index (χ3v) is 5.52. The molecule has 1 N–H and O–H groups in total. The van der Waals surface area contributed by atoms with Gasteiger partial charge in [-0.2, -0.15) is 8.78 Å². The molecule has 0 aromatic heterocycles. The molecule has 0 radical (unpaired) electrons. The summed E-state index contributed by atoms with van der Waals surface area (Å²) in [4.78, 5) is 1.46. The molecule has 2 aromatic carbocycles. The molecule has 1 atom stereocenters. The summed E-state index contributed by atoms with van der Waals surface area (Å²) >= 11 is 6.21. The summed E-state index contributed by atoms with van der Waals surface area (Å²) in [5, 5.41) is 0.506. The van der Waals surface area contributed by atoms with E-state index in [1.54, 1.807) is 38.4 Å². The maximum atomic E-state index is 12.6. The van der Waals surface area contributed by atoms with E-state index in [1.165, 1.54) is 24.3 Å². The molecule has 0 heterocycles. The summed E-state index contributed by atoms with van der Waals surface area (Å²) in [6.07, 6.45) is 0. The van der Waals surface area contributed by atoms with Crippen LogP contribution in [0.4, 0.5) is 8.78 Å². The molecular weight excluding hydrogens is 386 g/mol. The molecule has 0 aliphatic heterocycles. The van der Waals surface area contributed by atoms with Crippen molar-refractivity contribution in [1.82, 2.24) is 9.62 Å². The number of para-hydroxylation sites is 1.